The fourth-order valence-electron chi connectivity index (χ4n) is 1.89. The van der Waals surface area contributed by atoms with Gasteiger partial charge >= 0.3 is 0 Å². The van der Waals surface area contributed by atoms with Crippen molar-refractivity contribution in [3.8, 4) is 0 Å². The van der Waals surface area contributed by atoms with Gasteiger partial charge in [-0.1, -0.05) is 31.9 Å². The summed E-state index contributed by atoms with van der Waals surface area (Å²) >= 11 is 0. The number of benzene rings is 1. The van der Waals surface area contributed by atoms with Gasteiger partial charge in [0.2, 0.25) is 0 Å². The monoisotopic (exact) mass is 223 g/mol. The third kappa shape index (κ3) is 4.31. The van der Waals surface area contributed by atoms with Gasteiger partial charge < -0.3 is 5.32 Å². The number of hydrogen-bond acceptors (Lipinski definition) is 1. The molecule has 1 N–H and O–H groups in total. The molecule has 90 valence electrons. The second-order valence-corrected chi connectivity index (χ2v) is 4.49. The topological polar surface area (TPSA) is 12.0 Å². The molecule has 0 amide bonds. The van der Waals surface area contributed by atoms with Gasteiger partial charge in [0.1, 0.15) is 5.82 Å². The fraction of sp³-hybridized carbons (Fsp3) is 0.571. The van der Waals surface area contributed by atoms with E-state index in [0.29, 0.717) is 6.04 Å². The molecule has 1 rings (SSSR count). The Morgan fingerprint density at radius 1 is 1.31 bits per heavy atom. The molecule has 0 saturated carbocycles. The predicted octanol–water partition coefficient (Wildman–Crippen LogP) is 4.06. The van der Waals surface area contributed by atoms with Gasteiger partial charge in [0.05, 0.1) is 0 Å². The molecule has 0 aromatic heterocycles. The van der Waals surface area contributed by atoms with E-state index < -0.39 is 0 Å². The lowest BCUT2D eigenvalue weighted by Crippen LogP contribution is -2.28. The normalized spacial score (nSPS) is 14.8. The van der Waals surface area contributed by atoms with Crippen LogP contribution in [0.15, 0.2) is 24.3 Å². The van der Waals surface area contributed by atoms with Gasteiger partial charge in [0, 0.05) is 12.1 Å². The van der Waals surface area contributed by atoms with Crippen molar-refractivity contribution in [3.05, 3.63) is 35.6 Å². The number of halogens is 1. The summed E-state index contributed by atoms with van der Waals surface area (Å²) in [5.74, 6) is -0.160. The van der Waals surface area contributed by atoms with Crippen molar-refractivity contribution in [2.45, 2.75) is 52.1 Å². The second-order valence-electron chi connectivity index (χ2n) is 4.49. The average Bonchev–Trinajstić information content (AvgIpc) is 2.26. The number of nitrogens with one attached hydrogen (secondary N) is 1. The first kappa shape index (κ1) is 13.2. The quantitative estimate of drug-likeness (QED) is 0.767. The highest BCUT2D eigenvalue weighted by atomic mass is 19.1. The van der Waals surface area contributed by atoms with Gasteiger partial charge in [-0.25, -0.2) is 4.39 Å². The van der Waals surface area contributed by atoms with Gasteiger partial charge in [0.25, 0.3) is 0 Å². The summed E-state index contributed by atoms with van der Waals surface area (Å²) in [5.41, 5.74) is 1.02. The van der Waals surface area contributed by atoms with Crippen molar-refractivity contribution in [2.24, 2.45) is 0 Å². The van der Waals surface area contributed by atoms with Crippen molar-refractivity contribution in [2.75, 3.05) is 0 Å². The lowest BCUT2D eigenvalue weighted by molar-refractivity contribution is 0.443. The van der Waals surface area contributed by atoms with E-state index in [0.717, 1.165) is 5.56 Å². The Kier molecular flexibility index (Phi) is 5.47. The zero-order chi connectivity index (χ0) is 12.0. The van der Waals surface area contributed by atoms with Crippen LogP contribution >= 0.6 is 0 Å². The summed E-state index contributed by atoms with van der Waals surface area (Å²) in [5, 5.41) is 3.49. The minimum atomic E-state index is -0.160. The van der Waals surface area contributed by atoms with E-state index in [1.165, 1.54) is 25.3 Å². The summed E-state index contributed by atoms with van der Waals surface area (Å²) in [6.07, 6.45) is 3.64. The molecule has 0 spiro atoms. The highest BCUT2D eigenvalue weighted by molar-refractivity contribution is 5.19. The van der Waals surface area contributed by atoms with Gasteiger partial charge in [-0.2, -0.15) is 0 Å². The van der Waals surface area contributed by atoms with E-state index in [9.17, 15) is 4.39 Å². The van der Waals surface area contributed by atoms with E-state index in [4.69, 9.17) is 0 Å². The Morgan fingerprint density at radius 2 is 2.06 bits per heavy atom. The van der Waals surface area contributed by atoms with Crippen LogP contribution in [-0.4, -0.2) is 6.04 Å². The molecule has 0 fully saturated rings. The zero-order valence-electron chi connectivity index (χ0n) is 10.5. The predicted molar refractivity (Wildman–Crippen MR) is 66.9 cm³/mol. The molecule has 0 saturated heterocycles. The van der Waals surface area contributed by atoms with Gasteiger partial charge in [-0.15, -0.1) is 0 Å². The molecule has 2 atom stereocenters. The lowest BCUT2D eigenvalue weighted by Gasteiger charge is -2.20. The molecule has 0 radical (unpaired) electrons. The molecule has 0 heterocycles. The van der Waals surface area contributed by atoms with Crippen molar-refractivity contribution in [1.29, 1.82) is 0 Å². The van der Waals surface area contributed by atoms with E-state index in [1.54, 1.807) is 12.1 Å². The molecule has 0 bridgehead atoms. The molecule has 2 heteroatoms. The van der Waals surface area contributed by atoms with Gasteiger partial charge in [-0.05, 0) is 38.0 Å². The second kappa shape index (κ2) is 6.64. The highest BCUT2D eigenvalue weighted by Gasteiger charge is 2.09. The molecule has 0 aliphatic carbocycles. The zero-order valence-corrected chi connectivity index (χ0v) is 10.5. The van der Waals surface area contributed by atoms with E-state index >= 15 is 0 Å². The van der Waals surface area contributed by atoms with E-state index in [1.807, 2.05) is 6.07 Å². The Labute approximate surface area is 98.1 Å². The number of unbranched alkanes of at least 4 members (excludes halogenated alkanes) is 1. The molecular formula is C14H22FN. The summed E-state index contributed by atoms with van der Waals surface area (Å²) in [6, 6.07) is 7.51. The van der Waals surface area contributed by atoms with Crippen LogP contribution in [0.1, 0.15) is 51.6 Å². The molecule has 1 aromatic carbocycles. The van der Waals surface area contributed by atoms with E-state index in [2.05, 4.69) is 26.1 Å². The van der Waals surface area contributed by atoms with E-state index in [-0.39, 0.29) is 11.9 Å². The number of hydrogen-bond donors (Lipinski definition) is 1. The summed E-state index contributed by atoms with van der Waals surface area (Å²) < 4.78 is 13.0. The van der Waals surface area contributed by atoms with Crippen LogP contribution in [0.25, 0.3) is 0 Å². The first-order valence-electron chi connectivity index (χ1n) is 6.15. The van der Waals surface area contributed by atoms with Crippen LogP contribution < -0.4 is 5.32 Å². The third-order valence-electron chi connectivity index (χ3n) is 2.87. The van der Waals surface area contributed by atoms with Crippen molar-refractivity contribution in [3.63, 3.8) is 0 Å². The van der Waals surface area contributed by atoms with Crippen molar-refractivity contribution in [1.82, 2.24) is 5.32 Å². The third-order valence-corrected chi connectivity index (χ3v) is 2.87. The van der Waals surface area contributed by atoms with Crippen LogP contribution in [0.5, 0.6) is 0 Å². The summed E-state index contributed by atoms with van der Waals surface area (Å²) in [4.78, 5) is 0. The SMILES string of the molecule is CCCCC(C)NC(C)c1cccc(F)c1. The summed E-state index contributed by atoms with van der Waals surface area (Å²) in [6.45, 7) is 6.46. The molecular weight excluding hydrogens is 201 g/mol. The number of rotatable bonds is 6. The van der Waals surface area contributed by atoms with Crippen LogP contribution in [0.2, 0.25) is 0 Å². The lowest BCUT2D eigenvalue weighted by atomic mass is 10.1. The maximum atomic E-state index is 13.0. The van der Waals surface area contributed by atoms with Crippen LogP contribution in [-0.2, 0) is 0 Å². The van der Waals surface area contributed by atoms with Crippen molar-refractivity contribution < 1.29 is 4.39 Å². The molecule has 1 nitrogen and oxygen atoms in total. The van der Waals surface area contributed by atoms with Gasteiger partial charge in [-0.3, -0.25) is 0 Å². The Balaban J connectivity index is 2.48. The highest BCUT2D eigenvalue weighted by Crippen LogP contribution is 2.15. The Hall–Kier alpha value is -0.890. The molecule has 16 heavy (non-hydrogen) atoms. The first-order chi connectivity index (χ1) is 7.63. The van der Waals surface area contributed by atoms with Crippen molar-refractivity contribution >= 4 is 0 Å². The molecule has 0 aliphatic heterocycles. The van der Waals surface area contributed by atoms with Gasteiger partial charge in [0.15, 0.2) is 0 Å². The maximum absolute atomic E-state index is 13.0. The standard InChI is InChI=1S/C14H22FN/c1-4-5-7-11(2)16-12(3)13-8-6-9-14(15)10-13/h6,8-12,16H,4-5,7H2,1-3H3. The molecule has 2 unspecified atom stereocenters. The Bertz CT molecular complexity index is 311. The average molecular weight is 223 g/mol. The molecule has 1 aromatic rings. The van der Waals surface area contributed by atoms with Crippen LogP contribution in [0.4, 0.5) is 4.39 Å². The van der Waals surface area contributed by atoms with Crippen LogP contribution in [0.3, 0.4) is 0 Å². The smallest absolute Gasteiger partial charge is 0.123 e. The molecule has 0 aliphatic rings. The van der Waals surface area contributed by atoms with Crippen LogP contribution in [0, 0.1) is 5.82 Å². The minimum Gasteiger partial charge on any atom is -0.308 e. The maximum Gasteiger partial charge on any atom is 0.123 e. The largest absolute Gasteiger partial charge is 0.308 e. The minimum absolute atomic E-state index is 0.160. The first-order valence-corrected chi connectivity index (χ1v) is 6.15. The Morgan fingerprint density at radius 3 is 2.69 bits per heavy atom. The fourth-order valence-corrected chi connectivity index (χ4v) is 1.89. The summed E-state index contributed by atoms with van der Waals surface area (Å²) in [7, 11) is 0.